The molecule has 0 bridgehead atoms. The first-order valence-corrected chi connectivity index (χ1v) is 7.14. The van der Waals surface area contributed by atoms with Gasteiger partial charge in [-0.1, -0.05) is 30.3 Å². The lowest BCUT2D eigenvalue weighted by atomic mass is 10.1. The van der Waals surface area contributed by atoms with Crippen molar-refractivity contribution in [3.05, 3.63) is 54.1 Å². The van der Waals surface area contributed by atoms with E-state index >= 15 is 0 Å². The van der Waals surface area contributed by atoms with Crippen LogP contribution in [0.5, 0.6) is 11.5 Å². The highest BCUT2D eigenvalue weighted by atomic mass is 16.5. The van der Waals surface area contributed by atoms with E-state index in [0.29, 0.717) is 22.7 Å². The Morgan fingerprint density at radius 1 is 1.04 bits per heavy atom. The first-order valence-electron chi connectivity index (χ1n) is 7.14. The number of urea groups is 1. The second-order valence-corrected chi connectivity index (χ2v) is 4.79. The predicted octanol–water partition coefficient (Wildman–Crippen LogP) is 2.56. The average Bonchev–Trinajstić information content (AvgIpc) is 2.60. The maximum atomic E-state index is 12.0. The van der Waals surface area contributed by atoms with Crippen LogP contribution in [-0.2, 0) is 0 Å². The van der Waals surface area contributed by atoms with Gasteiger partial charge in [0.15, 0.2) is 0 Å². The van der Waals surface area contributed by atoms with Crippen LogP contribution < -0.4 is 20.1 Å². The zero-order valence-corrected chi connectivity index (χ0v) is 13.1. The summed E-state index contributed by atoms with van der Waals surface area (Å²) in [6, 6.07) is 13.8. The maximum absolute atomic E-state index is 12.0. The molecular formula is C17H20N2O4. The molecular weight excluding hydrogens is 296 g/mol. The van der Waals surface area contributed by atoms with E-state index in [-0.39, 0.29) is 6.54 Å². The minimum absolute atomic E-state index is 0.0569. The van der Waals surface area contributed by atoms with Crippen molar-refractivity contribution in [1.29, 1.82) is 0 Å². The number of aliphatic hydroxyl groups excluding tert-OH is 1. The number of rotatable bonds is 6. The molecule has 6 heteroatoms. The fraction of sp³-hybridized carbons (Fsp3) is 0.235. The van der Waals surface area contributed by atoms with Gasteiger partial charge in [-0.2, -0.15) is 0 Å². The van der Waals surface area contributed by atoms with E-state index in [1.54, 1.807) is 36.4 Å². The lowest BCUT2D eigenvalue weighted by Crippen LogP contribution is -2.32. The molecule has 0 aliphatic carbocycles. The van der Waals surface area contributed by atoms with Crippen molar-refractivity contribution in [2.75, 3.05) is 26.1 Å². The number of carbonyl (C=O) groups is 1. The van der Waals surface area contributed by atoms with Crippen molar-refractivity contribution in [3.8, 4) is 11.5 Å². The second kappa shape index (κ2) is 8.05. The summed E-state index contributed by atoms with van der Waals surface area (Å²) < 4.78 is 10.4. The van der Waals surface area contributed by atoms with Gasteiger partial charge in [0.25, 0.3) is 0 Å². The molecule has 0 spiro atoms. The minimum Gasteiger partial charge on any atom is -0.496 e. The van der Waals surface area contributed by atoms with Crippen molar-refractivity contribution >= 4 is 11.7 Å². The van der Waals surface area contributed by atoms with Crippen LogP contribution in [0.25, 0.3) is 0 Å². The third-order valence-corrected chi connectivity index (χ3v) is 3.31. The zero-order chi connectivity index (χ0) is 16.7. The molecule has 2 amide bonds. The molecule has 2 aromatic carbocycles. The Balaban J connectivity index is 1.94. The molecule has 0 aliphatic heterocycles. The number of benzene rings is 2. The molecule has 0 fully saturated rings. The van der Waals surface area contributed by atoms with Crippen molar-refractivity contribution in [2.24, 2.45) is 0 Å². The van der Waals surface area contributed by atoms with Gasteiger partial charge in [-0.05, 0) is 18.2 Å². The molecule has 0 saturated carbocycles. The Kier molecular flexibility index (Phi) is 5.82. The van der Waals surface area contributed by atoms with Gasteiger partial charge in [0.05, 0.1) is 26.0 Å². The Hall–Kier alpha value is -2.73. The Bertz CT molecular complexity index is 661. The van der Waals surface area contributed by atoms with Gasteiger partial charge in [-0.15, -0.1) is 0 Å². The van der Waals surface area contributed by atoms with E-state index in [2.05, 4.69) is 10.6 Å². The van der Waals surface area contributed by atoms with Crippen LogP contribution in [0.2, 0.25) is 0 Å². The maximum Gasteiger partial charge on any atom is 0.319 e. The van der Waals surface area contributed by atoms with Crippen LogP contribution >= 0.6 is 0 Å². The molecule has 0 saturated heterocycles. The van der Waals surface area contributed by atoms with E-state index in [4.69, 9.17) is 9.47 Å². The number of nitrogens with one attached hydrogen (secondary N) is 2. The highest BCUT2D eigenvalue weighted by molar-refractivity contribution is 5.90. The van der Waals surface area contributed by atoms with Crippen LogP contribution in [0.4, 0.5) is 10.5 Å². The third kappa shape index (κ3) is 4.37. The van der Waals surface area contributed by atoms with Gasteiger partial charge in [0.2, 0.25) is 0 Å². The Morgan fingerprint density at radius 2 is 1.65 bits per heavy atom. The average molecular weight is 316 g/mol. The summed E-state index contributed by atoms with van der Waals surface area (Å²) in [4.78, 5) is 12.0. The lowest BCUT2D eigenvalue weighted by Gasteiger charge is -2.16. The van der Waals surface area contributed by atoms with E-state index < -0.39 is 12.1 Å². The van der Waals surface area contributed by atoms with Gasteiger partial charge >= 0.3 is 6.03 Å². The number of amides is 2. The van der Waals surface area contributed by atoms with Crippen LogP contribution in [0.15, 0.2) is 48.5 Å². The molecule has 23 heavy (non-hydrogen) atoms. The van der Waals surface area contributed by atoms with Crippen LogP contribution in [-0.4, -0.2) is 31.9 Å². The molecule has 122 valence electrons. The number of anilines is 1. The third-order valence-electron chi connectivity index (χ3n) is 3.31. The van der Waals surface area contributed by atoms with Gasteiger partial charge in [0, 0.05) is 12.1 Å². The first-order chi connectivity index (χ1) is 11.2. The monoisotopic (exact) mass is 316 g/mol. The molecule has 6 nitrogen and oxygen atoms in total. The van der Waals surface area contributed by atoms with Crippen LogP contribution in [0, 0.1) is 0 Å². The number of methoxy groups -OCH3 is 2. The van der Waals surface area contributed by atoms with Gasteiger partial charge < -0.3 is 25.2 Å². The van der Waals surface area contributed by atoms with Crippen molar-refractivity contribution < 1.29 is 19.4 Å². The Morgan fingerprint density at radius 3 is 2.35 bits per heavy atom. The van der Waals surface area contributed by atoms with Gasteiger partial charge in [0.1, 0.15) is 11.5 Å². The fourth-order valence-corrected chi connectivity index (χ4v) is 2.16. The summed E-state index contributed by atoms with van der Waals surface area (Å²) >= 11 is 0. The zero-order valence-electron chi connectivity index (χ0n) is 13.1. The second-order valence-electron chi connectivity index (χ2n) is 4.79. The molecule has 0 unspecified atom stereocenters. The predicted molar refractivity (Wildman–Crippen MR) is 88.0 cm³/mol. The fourth-order valence-electron chi connectivity index (χ4n) is 2.16. The summed E-state index contributed by atoms with van der Waals surface area (Å²) in [6.07, 6.45) is -0.866. The highest BCUT2D eigenvalue weighted by Gasteiger charge is 2.14. The SMILES string of the molecule is COc1ccccc1NC(=O)NC[C@@H](O)c1ccccc1OC. The largest absolute Gasteiger partial charge is 0.496 e. The summed E-state index contributed by atoms with van der Waals surface area (Å²) in [7, 11) is 3.07. The number of aliphatic hydroxyl groups is 1. The lowest BCUT2D eigenvalue weighted by molar-refractivity contribution is 0.171. The molecule has 2 rings (SSSR count). The molecule has 0 heterocycles. The van der Waals surface area contributed by atoms with Crippen LogP contribution in [0.1, 0.15) is 11.7 Å². The van der Waals surface area contributed by atoms with E-state index in [0.717, 1.165) is 0 Å². The van der Waals surface area contributed by atoms with Crippen LogP contribution in [0.3, 0.4) is 0 Å². The number of hydrogen-bond donors (Lipinski definition) is 3. The molecule has 0 radical (unpaired) electrons. The topological polar surface area (TPSA) is 79.8 Å². The number of ether oxygens (including phenoxy) is 2. The molecule has 2 aromatic rings. The number of para-hydroxylation sites is 3. The van der Waals surface area contributed by atoms with Crippen molar-refractivity contribution in [3.63, 3.8) is 0 Å². The first kappa shape index (κ1) is 16.6. The summed E-state index contributed by atoms with van der Waals surface area (Å²) in [5.74, 6) is 1.14. The van der Waals surface area contributed by atoms with E-state index in [1.807, 2.05) is 12.1 Å². The normalized spacial score (nSPS) is 11.4. The number of carbonyl (C=O) groups excluding carboxylic acids is 1. The van der Waals surface area contributed by atoms with Gasteiger partial charge in [-0.25, -0.2) is 4.79 Å². The summed E-state index contributed by atoms with van der Waals surface area (Å²) in [5.41, 5.74) is 1.17. The molecule has 1 atom stereocenters. The molecule has 3 N–H and O–H groups in total. The number of hydrogen-bond acceptors (Lipinski definition) is 4. The summed E-state index contributed by atoms with van der Waals surface area (Å²) in [5, 5.41) is 15.5. The standard InChI is InChI=1S/C17H20N2O4/c1-22-15-9-5-3-7-12(15)14(20)11-18-17(21)19-13-8-4-6-10-16(13)23-2/h3-10,14,20H,11H2,1-2H3,(H2,18,19,21)/t14-/m1/s1. The smallest absolute Gasteiger partial charge is 0.319 e. The highest BCUT2D eigenvalue weighted by Crippen LogP contribution is 2.25. The van der Waals surface area contributed by atoms with Gasteiger partial charge in [-0.3, -0.25) is 0 Å². The summed E-state index contributed by atoms with van der Waals surface area (Å²) in [6.45, 7) is 0.0569. The van der Waals surface area contributed by atoms with Crippen molar-refractivity contribution in [1.82, 2.24) is 5.32 Å². The quantitative estimate of drug-likeness (QED) is 0.765. The van der Waals surface area contributed by atoms with E-state index in [1.165, 1.54) is 14.2 Å². The Labute approximate surface area is 135 Å². The molecule has 0 aliphatic rings. The van der Waals surface area contributed by atoms with Crippen molar-refractivity contribution in [2.45, 2.75) is 6.10 Å². The minimum atomic E-state index is -0.866. The van der Waals surface area contributed by atoms with E-state index in [9.17, 15) is 9.90 Å². The molecule has 0 aromatic heterocycles.